The number of carbonyl (C=O) groups excluding carboxylic acids is 1. The third-order valence-electron chi connectivity index (χ3n) is 4.62. The molecule has 1 rings (SSSR count). The van der Waals surface area contributed by atoms with Crippen LogP contribution in [0.2, 0.25) is 0 Å². The molecule has 3 unspecified atom stereocenters. The Labute approximate surface area is 122 Å². The zero-order valence-corrected chi connectivity index (χ0v) is 13.3. The van der Waals surface area contributed by atoms with Gasteiger partial charge in [0.2, 0.25) is 5.91 Å². The van der Waals surface area contributed by atoms with Gasteiger partial charge in [0, 0.05) is 32.2 Å². The summed E-state index contributed by atoms with van der Waals surface area (Å²) in [5.74, 6) is -0.0106. The summed E-state index contributed by atoms with van der Waals surface area (Å²) < 4.78 is 10.6. The van der Waals surface area contributed by atoms with Gasteiger partial charge in [-0.1, -0.05) is 13.8 Å². The highest BCUT2D eigenvalue weighted by Gasteiger charge is 2.58. The van der Waals surface area contributed by atoms with E-state index in [0.717, 1.165) is 6.42 Å². The molecule has 0 aromatic heterocycles. The Morgan fingerprint density at radius 2 is 2.00 bits per heavy atom. The molecule has 5 nitrogen and oxygen atoms in total. The van der Waals surface area contributed by atoms with Crippen molar-refractivity contribution in [2.75, 3.05) is 20.8 Å². The molecule has 1 amide bonds. The quantitative estimate of drug-likeness (QED) is 0.769. The van der Waals surface area contributed by atoms with Crippen LogP contribution in [0.3, 0.4) is 0 Å². The molecular formula is C13H27ClN2O3. The molecule has 0 aliphatic heterocycles. The normalized spacial score (nSPS) is 29.9. The first-order valence-corrected chi connectivity index (χ1v) is 6.38. The smallest absolute Gasteiger partial charge is 0.222 e. The van der Waals surface area contributed by atoms with Crippen LogP contribution in [0.5, 0.6) is 0 Å². The van der Waals surface area contributed by atoms with Crippen molar-refractivity contribution in [2.45, 2.75) is 51.4 Å². The molecule has 19 heavy (non-hydrogen) atoms. The second-order valence-electron chi connectivity index (χ2n) is 5.78. The lowest BCUT2D eigenvalue weighted by molar-refractivity contribution is -0.182. The molecule has 1 aliphatic carbocycles. The van der Waals surface area contributed by atoms with Crippen LogP contribution in [0.25, 0.3) is 0 Å². The minimum atomic E-state index is -0.206. The number of carbonyl (C=O) groups is 1. The van der Waals surface area contributed by atoms with Gasteiger partial charge in [-0.25, -0.2) is 0 Å². The van der Waals surface area contributed by atoms with E-state index in [1.54, 1.807) is 14.2 Å². The van der Waals surface area contributed by atoms with E-state index < -0.39 is 0 Å². The van der Waals surface area contributed by atoms with Crippen LogP contribution in [0, 0.1) is 5.41 Å². The standard InChI is InChI=1S/C13H26N2O3.ClH/c1-12(2)10(7-13(12,3)18-5)15-11(16)6-9(8-14)17-4;/h9-10H,6-8,14H2,1-5H3,(H,15,16);1H. The second-order valence-corrected chi connectivity index (χ2v) is 5.78. The molecule has 0 bridgehead atoms. The fraction of sp³-hybridized carbons (Fsp3) is 0.923. The fourth-order valence-corrected chi connectivity index (χ4v) is 2.45. The monoisotopic (exact) mass is 294 g/mol. The lowest BCUT2D eigenvalue weighted by atomic mass is 9.56. The van der Waals surface area contributed by atoms with Crippen molar-refractivity contribution in [1.82, 2.24) is 5.32 Å². The van der Waals surface area contributed by atoms with E-state index in [4.69, 9.17) is 15.2 Å². The Hall–Kier alpha value is -0.360. The molecule has 1 fully saturated rings. The van der Waals surface area contributed by atoms with Gasteiger partial charge in [0.05, 0.1) is 18.1 Å². The maximum Gasteiger partial charge on any atom is 0.222 e. The van der Waals surface area contributed by atoms with Crippen molar-refractivity contribution in [2.24, 2.45) is 11.1 Å². The number of hydrogen-bond acceptors (Lipinski definition) is 4. The topological polar surface area (TPSA) is 73.6 Å². The van der Waals surface area contributed by atoms with Crippen LogP contribution in [0.1, 0.15) is 33.6 Å². The highest BCUT2D eigenvalue weighted by molar-refractivity contribution is 5.85. The number of nitrogens with two attached hydrogens (primary N) is 1. The van der Waals surface area contributed by atoms with Crippen molar-refractivity contribution in [3.05, 3.63) is 0 Å². The predicted molar refractivity (Wildman–Crippen MR) is 77.5 cm³/mol. The van der Waals surface area contributed by atoms with E-state index in [9.17, 15) is 4.79 Å². The summed E-state index contributed by atoms with van der Waals surface area (Å²) in [5.41, 5.74) is 5.27. The summed E-state index contributed by atoms with van der Waals surface area (Å²) in [4.78, 5) is 11.9. The van der Waals surface area contributed by atoms with E-state index in [0.29, 0.717) is 13.0 Å². The van der Waals surface area contributed by atoms with E-state index in [2.05, 4.69) is 26.1 Å². The highest BCUT2D eigenvalue weighted by Crippen LogP contribution is 2.51. The first-order chi connectivity index (χ1) is 8.30. The predicted octanol–water partition coefficient (Wildman–Crippen LogP) is 1.09. The first kappa shape index (κ1) is 18.6. The highest BCUT2D eigenvalue weighted by atomic mass is 35.5. The molecule has 0 aromatic carbocycles. The summed E-state index contributed by atoms with van der Waals surface area (Å²) >= 11 is 0. The van der Waals surface area contributed by atoms with Crippen molar-refractivity contribution in [1.29, 1.82) is 0 Å². The number of ether oxygens (including phenoxy) is 2. The van der Waals surface area contributed by atoms with E-state index >= 15 is 0 Å². The molecular weight excluding hydrogens is 268 g/mol. The largest absolute Gasteiger partial charge is 0.380 e. The van der Waals surface area contributed by atoms with E-state index in [1.165, 1.54) is 0 Å². The Morgan fingerprint density at radius 3 is 2.37 bits per heavy atom. The third-order valence-corrected chi connectivity index (χ3v) is 4.62. The zero-order valence-electron chi connectivity index (χ0n) is 12.5. The molecule has 3 N–H and O–H groups in total. The van der Waals surface area contributed by atoms with Gasteiger partial charge < -0.3 is 20.5 Å². The van der Waals surface area contributed by atoms with E-state index in [-0.39, 0.29) is 41.5 Å². The van der Waals surface area contributed by atoms with Gasteiger partial charge in [0.15, 0.2) is 0 Å². The third kappa shape index (κ3) is 3.60. The number of amides is 1. The summed E-state index contributed by atoms with van der Waals surface area (Å²) in [5, 5.41) is 3.04. The first-order valence-electron chi connectivity index (χ1n) is 6.38. The van der Waals surface area contributed by atoms with Crippen molar-refractivity contribution < 1.29 is 14.3 Å². The van der Waals surface area contributed by atoms with Crippen molar-refractivity contribution in [3.63, 3.8) is 0 Å². The average Bonchev–Trinajstić information content (AvgIpc) is 2.34. The zero-order chi connectivity index (χ0) is 14.0. The number of methoxy groups -OCH3 is 2. The number of hydrogen-bond donors (Lipinski definition) is 2. The molecule has 6 heteroatoms. The van der Waals surface area contributed by atoms with E-state index in [1.807, 2.05) is 0 Å². The maximum absolute atomic E-state index is 11.9. The minimum Gasteiger partial charge on any atom is -0.380 e. The van der Waals surface area contributed by atoms with Gasteiger partial charge in [-0.05, 0) is 13.3 Å². The van der Waals surface area contributed by atoms with Crippen LogP contribution in [0.15, 0.2) is 0 Å². The van der Waals surface area contributed by atoms with Gasteiger partial charge in [0.25, 0.3) is 0 Å². The number of rotatable bonds is 6. The Morgan fingerprint density at radius 1 is 1.42 bits per heavy atom. The maximum atomic E-state index is 11.9. The Balaban J connectivity index is 0.00000324. The average molecular weight is 295 g/mol. The van der Waals surface area contributed by atoms with Gasteiger partial charge >= 0.3 is 0 Å². The van der Waals surface area contributed by atoms with Crippen molar-refractivity contribution in [3.8, 4) is 0 Å². The molecule has 1 saturated carbocycles. The fourth-order valence-electron chi connectivity index (χ4n) is 2.45. The molecule has 0 heterocycles. The molecule has 0 aromatic rings. The Bertz CT molecular complexity index is 308. The van der Waals surface area contributed by atoms with Crippen LogP contribution in [-0.4, -0.2) is 44.4 Å². The number of nitrogens with one attached hydrogen (secondary N) is 1. The van der Waals surface area contributed by atoms with Crippen LogP contribution < -0.4 is 11.1 Å². The van der Waals surface area contributed by atoms with Crippen molar-refractivity contribution >= 4 is 18.3 Å². The molecule has 114 valence electrons. The molecule has 0 radical (unpaired) electrons. The summed E-state index contributed by atoms with van der Waals surface area (Å²) in [6, 6.07) is 0.144. The van der Waals surface area contributed by atoms with Gasteiger partial charge in [0.1, 0.15) is 0 Å². The summed E-state index contributed by atoms with van der Waals surface area (Å²) in [6.07, 6.45) is 0.938. The summed E-state index contributed by atoms with van der Waals surface area (Å²) in [7, 11) is 3.29. The molecule has 3 atom stereocenters. The lowest BCUT2D eigenvalue weighted by Crippen LogP contribution is -2.68. The van der Waals surface area contributed by atoms with Crippen LogP contribution in [0.4, 0.5) is 0 Å². The Kier molecular flexibility index (Phi) is 6.75. The number of halogens is 1. The van der Waals surface area contributed by atoms with Gasteiger partial charge in [-0.3, -0.25) is 4.79 Å². The SMILES string of the molecule is COC(CN)CC(=O)NC1CC(C)(OC)C1(C)C.Cl. The lowest BCUT2D eigenvalue weighted by Gasteiger charge is -2.59. The summed E-state index contributed by atoms with van der Waals surface area (Å²) in [6.45, 7) is 6.66. The van der Waals surface area contributed by atoms with Crippen LogP contribution >= 0.6 is 12.4 Å². The minimum absolute atomic E-state index is 0. The van der Waals surface area contributed by atoms with Gasteiger partial charge in [-0.2, -0.15) is 0 Å². The molecule has 0 saturated heterocycles. The van der Waals surface area contributed by atoms with Crippen LogP contribution in [-0.2, 0) is 14.3 Å². The second kappa shape index (κ2) is 6.88. The van der Waals surface area contributed by atoms with Gasteiger partial charge in [-0.15, -0.1) is 12.4 Å². The molecule has 1 aliphatic rings. The molecule has 0 spiro atoms.